The van der Waals surface area contributed by atoms with Crippen molar-refractivity contribution in [1.29, 1.82) is 0 Å². The first-order chi connectivity index (χ1) is 12.6. The Labute approximate surface area is 159 Å². The molecule has 26 heavy (non-hydrogen) atoms. The van der Waals surface area contributed by atoms with Crippen molar-refractivity contribution in [3.8, 4) is 0 Å². The van der Waals surface area contributed by atoms with Gasteiger partial charge in [-0.25, -0.2) is 9.97 Å². The molecule has 3 rings (SSSR count). The van der Waals surface area contributed by atoms with E-state index in [1.807, 2.05) is 18.7 Å². The summed E-state index contributed by atoms with van der Waals surface area (Å²) in [7, 11) is 2.15. The molecule has 0 aliphatic carbocycles. The second-order valence-corrected chi connectivity index (χ2v) is 7.96. The zero-order valence-electron chi connectivity index (χ0n) is 16.3. The van der Waals surface area contributed by atoms with E-state index >= 15 is 0 Å². The standard InChI is InChI=1S/C19H29N5OS/c1-5-7-8-23(6-2)19(25)16-14(3)15-17(20-13-21-18(15)26-16)24-11-9-22(4)10-12-24/h13H,5-12H2,1-4H3. The quantitative estimate of drug-likeness (QED) is 0.777. The predicted octanol–water partition coefficient (Wildman–Crippen LogP) is 3.01. The number of piperazine rings is 1. The number of anilines is 1. The molecule has 0 bridgehead atoms. The van der Waals surface area contributed by atoms with Gasteiger partial charge in [0, 0.05) is 39.3 Å². The normalized spacial score (nSPS) is 15.6. The third kappa shape index (κ3) is 3.69. The van der Waals surface area contributed by atoms with Gasteiger partial charge in [0.15, 0.2) is 0 Å². The van der Waals surface area contributed by atoms with E-state index in [2.05, 4.69) is 33.7 Å². The molecule has 0 saturated carbocycles. The van der Waals surface area contributed by atoms with Crippen molar-refractivity contribution in [1.82, 2.24) is 19.8 Å². The van der Waals surface area contributed by atoms with Crippen molar-refractivity contribution < 1.29 is 4.79 Å². The molecule has 7 heteroatoms. The number of fused-ring (bicyclic) bond motifs is 1. The highest BCUT2D eigenvalue weighted by Crippen LogP contribution is 2.35. The van der Waals surface area contributed by atoms with Crippen LogP contribution in [-0.2, 0) is 0 Å². The lowest BCUT2D eigenvalue weighted by Gasteiger charge is -2.33. The number of likely N-dealkylation sites (N-methyl/N-ethyl adjacent to an activating group) is 1. The molecule has 0 aromatic carbocycles. The Hall–Kier alpha value is -1.73. The summed E-state index contributed by atoms with van der Waals surface area (Å²) in [5, 5.41) is 1.05. The highest BCUT2D eigenvalue weighted by Gasteiger charge is 2.25. The molecule has 0 unspecified atom stereocenters. The van der Waals surface area contributed by atoms with E-state index in [0.717, 1.165) is 78.6 Å². The Balaban J connectivity index is 1.95. The second-order valence-electron chi connectivity index (χ2n) is 6.96. The van der Waals surface area contributed by atoms with Crippen molar-refractivity contribution in [2.24, 2.45) is 0 Å². The number of aryl methyl sites for hydroxylation is 1. The molecule has 0 atom stereocenters. The highest BCUT2D eigenvalue weighted by molar-refractivity contribution is 7.20. The van der Waals surface area contributed by atoms with E-state index < -0.39 is 0 Å². The minimum Gasteiger partial charge on any atom is -0.353 e. The van der Waals surface area contributed by atoms with Crippen molar-refractivity contribution in [2.75, 3.05) is 51.2 Å². The minimum absolute atomic E-state index is 0.130. The third-order valence-electron chi connectivity index (χ3n) is 5.15. The number of carbonyl (C=O) groups excluding carboxylic acids is 1. The Bertz CT molecular complexity index is 767. The number of nitrogens with zero attached hydrogens (tertiary/aromatic N) is 5. The average molecular weight is 376 g/mol. The average Bonchev–Trinajstić information content (AvgIpc) is 3.00. The SMILES string of the molecule is CCCCN(CC)C(=O)c1sc2ncnc(N3CCN(C)CC3)c2c1C. The fourth-order valence-corrected chi connectivity index (χ4v) is 4.52. The summed E-state index contributed by atoms with van der Waals surface area (Å²) in [6, 6.07) is 0. The lowest BCUT2D eigenvalue weighted by molar-refractivity contribution is 0.0766. The molecule has 0 radical (unpaired) electrons. The monoisotopic (exact) mass is 375 g/mol. The van der Waals surface area contributed by atoms with Crippen molar-refractivity contribution in [3.05, 3.63) is 16.8 Å². The molecule has 1 aliphatic rings. The van der Waals surface area contributed by atoms with Crippen molar-refractivity contribution >= 4 is 33.3 Å². The number of hydrogen-bond acceptors (Lipinski definition) is 6. The lowest BCUT2D eigenvalue weighted by Crippen LogP contribution is -2.44. The fraction of sp³-hybridized carbons (Fsp3) is 0.632. The van der Waals surface area contributed by atoms with Crippen LogP contribution in [0.25, 0.3) is 10.2 Å². The number of carbonyl (C=O) groups is 1. The van der Waals surface area contributed by atoms with Gasteiger partial charge in [-0.15, -0.1) is 11.3 Å². The van der Waals surface area contributed by atoms with Gasteiger partial charge in [-0.1, -0.05) is 13.3 Å². The van der Waals surface area contributed by atoms with Crippen LogP contribution in [0.2, 0.25) is 0 Å². The topological polar surface area (TPSA) is 52.6 Å². The van der Waals surface area contributed by atoms with Gasteiger partial charge in [-0.05, 0) is 32.9 Å². The molecule has 1 fully saturated rings. The molecule has 1 aliphatic heterocycles. The zero-order valence-corrected chi connectivity index (χ0v) is 17.1. The molecule has 142 valence electrons. The van der Waals surface area contributed by atoms with Gasteiger partial charge < -0.3 is 14.7 Å². The zero-order chi connectivity index (χ0) is 18.7. The maximum Gasteiger partial charge on any atom is 0.264 e. The molecule has 3 heterocycles. The van der Waals surface area contributed by atoms with Gasteiger partial charge in [-0.2, -0.15) is 0 Å². The van der Waals surface area contributed by atoms with E-state index in [1.165, 1.54) is 11.3 Å². The second kappa shape index (κ2) is 8.31. The number of rotatable bonds is 6. The molecule has 1 saturated heterocycles. The van der Waals surface area contributed by atoms with Gasteiger partial charge in [0.2, 0.25) is 0 Å². The van der Waals surface area contributed by atoms with Crippen LogP contribution in [0.15, 0.2) is 6.33 Å². The van der Waals surface area contributed by atoms with Gasteiger partial charge >= 0.3 is 0 Å². The molecule has 0 spiro atoms. The number of amides is 1. The molecule has 1 amide bonds. The maximum atomic E-state index is 13.1. The van der Waals surface area contributed by atoms with Crippen LogP contribution >= 0.6 is 11.3 Å². The number of thiophene rings is 1. The van der Waals surface area contributed by atoms with Gasteiger partial charge in [0.25, 0.3) is 5.91 Å². The maximum absolute atomic E-state index is 13.1. The summed E-state index contributed by atoms with van der Waals surface area (Å²) >= 11 is 1.51. The first-order valence-electron chi connectivity index (χ1n) is 9.53. The Morgan fingerprint density at radius 2 is 1.96 bits per heavy atom. The van der Waals surface area contributed by atoms with E-state index in [-0.39, 0.29) is 5.91 Å². The van der Waals surface area contributed by atoms with Gasteiger partial charge in [-0.3, -0.25) is 4.79 Å². The van der Waals surface area contributed by atoms with Crippen LogP contribution in [0, 0.1) is 6.92 Å². The molecule has 6 nitrogen and oxygen atoms in total. The number of hydrogen-bond donors (Lipinski definition) is 0. The molecular formula is C19H29N5OS. The van der Waals surface area contributed by atoms with Crippen LogP contribution in [0.1, 0.15) is 41.9 Å². The lowest BCUT2D eigenvalue weighted by atomic mass is 10.1. The summed E-state index contributed by atoms with van der Waals surface area (Å²) in [5.74, 6) is 1.11. The summed E-state index contributed by atoms with van der Waals surface area (Å²) in [6.07, 6.45) is 3.76. The van der Waals surface area contributed by atoms with Crippen LogP contribution in [0.5, 0.6) is 0 Å². The summed E-state index contributed by atoms with van der Waals surface area (Å²) < 4.78 is 0. The first-order valence-corrected chi connectivity index (χ1v) is 10.3. The summed E-state index contributed by atoms with van der Waals surface area (Å²) in [5.41, 5.74) is 1.03. The summed E-state index contributed by atoms with van der Waals surface area (Å²) in [6.45, 7) is 11.8. The van der Waals surface area contributed by atoms with Crippen molar-refractivity contribution in [3.63, 3.8) is 0 Å². The molecule has 2 aromatic heterocycles. The van der Waals surface area contributed by atoms with Gasteiger partial charge in [0.1, 0.15) is 17.0 Å². The van der Waals surface area contributed by atoms with Crippen LogP contribution in [-0.4, -0.2) is 72.0 Å². The molecular weight excluding hydrogens is 346 g/mol. The first kappa shape index (κ1) is 19.0. The van der Waals surface area contributed by atoms with E-state index in [9.17, 15) is 4.79 Å². The predicted molar refractivity (Wildman–Crippen MR) is 108 cm³/mol. The molecule has 2 aromatic rings. The Kier molecular flexibility index (Phi) is 6.09. The van der Waals surface area contributed by atoms with E-state index in [4.69, 9.17) is 0 Å². The largest absolute Gasteiger partial charge is 0.353 e. The number of aromatic nitrogens is 2. The van der Waals surface area contributed by atoms with Gasteiger partial charge in [0.05, 0.1) is 10.3 Å². The van der Waals surface area contributed by atoms with Crippen LogP contribution < -0.4 is 4.90 Å². The van der Waals surface area contributed by atoms with Crippen LogP contribution in [0.3, 0.4) is 0 Å². The minimum atomic E-state index is 0.130. The molecule has 0 N–H and O–H groups in total. The van der Waals surface area contributed by atoms with E-state index in [0.29, 0.717) is 0 Å². The number of unbranched alkanes of at least 4 members (excludes halogenated alkanes) is 1. The summed E-state index contributed by atoms with van der Waals surface area (Å²) in [4.78, 5) is 30.5. The fourth-order valence-electron chi connectivity index (χ4n) is 3.41. The highest BCUT2D eigenvalue weighted by atomic mass is 32.1. The Morgan fingerprint density at radius 3 is 2.62 bits per heavy atom. The smallest absolute Gasteiger partial charge is 0.264 e. The third-order valence-corrected chi connectivity index (χ3v) is 6.34. The van der Waals surface area contributed by atoms with Crippen molar-refractivity contribution in [2.45, 2.75) is 33.6 Å². The van der Waals surface area contributed by atoms with Crippen LogP contribution in [0.4, 0.5) is 5.82 Å². The van der Waals surface area contributed by atoms with E-state index in [1.54, 1.807) is 6.33 Å². The Morgan fingerprint density at radius 1 is 1.23 bits per heavy atom.